The lowest BCUT2D eigenvalue weighted by atomic mass is 10.0. The summed E-state index contributed by atoms with van der Waals surface area (Å²) in [5, 5.41) is 8.91. The third-order valence-electron chi connectivity index (χ3n) is 2.79. The quantitative estimate of drug-likeness (QED) is 0.808. The minimum Gasteiger partial charge on any atom is -0.489 e. The molecule has 0 heterocycles. The van der Waals surface area contributed by atoms with E-state index in [2.05, 4.69) is 6.07 Å². The van der Waals surface area contributed by atoms with E-state index < -0.39 is 0 Å². The van der Waals surface area contributed by atoms with Crippen LogP contribution >= 0.6 is 0 Å². The Morgan fingerprint density at radius 2 is 1.89 bits per heavy atom. The Hall–Kier alpha value is -2.27. The summed E-state index contributed by atoms with van der Waals surface area (Å²) < 4.78 is 5.68. The molecule has 1 unspecified atom stereocenters. The van der Waals surface area contributed by atoms with Crippen molar-refractivity contribution < 1.29 is 4.74 Å². The van der Waals surface area contributed by atoms with Gasteiger partial charge in [0.25, 0.3) is 0 Å². The Labute approximate surface area is 107 Å². The Morgan fingerprint density at radius 3 is 2.61 bits per heavy atom. The second kappa shape index (κ2) is 5.88. The molecular formula is C16H15NO. The molecule has 2 heteroatoms. The molecule has 0 saturated heterocycles. The van der Waals surface area contributed by atoms with Gasteiger partial charge in [-0.15, -0.1) is 0 Å². The van der Waals surface area contributed by atoms with Crippen LogP contribution < -0.4 is 4.74 Å². The van der Waals surface area contributed by atoms with Gasteiger partial charge in [0.2, 0.25) is 0 Å². The summed E-state index contributed by atoms with van der Waals surface area (Å²) in [5.74, 6) is 0.776. The molecule has 2 aromatic rings. The maximum atomic E-state index is 8.91. The fraction of sp³-hybridized carbons (Fsp3) is 0.188. The van der Waals surface area contributed by atoms with Crippen LogP contribution in [-0.4, -0.2) is 0 Å². The van der Waals surface area contributed by atoms with E-state index in [4.69, 9.17) is 10.00 Å². The number of nitriles is 1. The van der Waals surface area contributed by atoms with Crippen molar-refractivity contribution in [3.63, 3.8) is 0 Å². The van der Waals surface area contributed by atoms with Crippen molar-refractivity contribution in [2.75, 3.05) is 0 Å². The first kappa shape index (κ1) is 12.2. The van der Waals surface area contributed by atoms with E-state index in [1.165, 1.54) is 0 Å². The van der Waals surface area contributed by atoms with E-state index in [1.807, 2.05) is 61.5 Å². The first-order valence-corrected chi connectivity index (χ1v) is 5.96. The standard InChI is InChI=1S/C16H15NO/c1-13(11-17)15-7-5-6-14(10-15)12-18-16-8-3-2-4-9-16/h2-10,13H,12H2,1H3. The number of hydrogen-bond acceptors (Lipinski definition) is 2. The summed E-state index contributed by atoms with van der Waals surface area (Å²) in [6.45, 7) is 2.42. The summed E-state index contributed by atoms with van der Waals surface area (Å²) in [4.78, 5) is 0. The highest BCUT2D eigenvalue weighted by atomic mass is 16.5. The molecule has 0 spiro atoms. The first-order chi connectivity index (χ1) is 8.79. The fourth-order valence-corrected chi connectivity index (χ4v) is 1.71. The highest BCUT2D eigenvalue weighted by Gasteiger charge is 2.04. The second-order valence-corrected chi connectivity index (χ2v) is 4.20. The minimum atomic E-state index is -0.0818. The van der Waals surface area contributed by atoms with E-state index in [9.17, 15) is 0 Å². The highest BCUT2D eigenvalue weighted by Crippen LogP contribution is 2.17. The van der Waals surface area contributed by atoms with E-state index in [-0.39, 0.29) is 5.92 Å². The molecule has 0 aromatic heterocycles. The summed E-state index contributed by atoms with van der Waals surface area (Å²) in [6, 6.07) is 19.9. The van der Waals surface area contributed by atoms with Crippen molar-refractivity contribution in [1.82, 2.24) is 0 Å². The van der Waals surface area contributed by atoms with Gasteiger partial charge in [-0.2, -0.15) is 5.26 Å². The average Bonchev–Trinajstić information content (AvgIpc) is 2.45. The molecule has 0 aliphatic rings. The van der Waals surface area contributed by atoms with E-state index in [0.717, 1.165) is 16.9 Å². The van der Waals surface area contributed by atoms with Crippen LogP contribution in [0.15, 0.2) is 54.6 Å². The number of hydrogen-bond donors (Lipinski definition) is 0. The van der Waals surface area contributed by atoms with Gasteiger partial charge in [0.05, 0.1) is 12.0 Å². The fourth-order valence-electron chi connectivity index (χ4n) is 1.71. The van der Waals surface area contributed by atoms with Crippen LogP contribution in [0.3, 0.4) is 0 Å². The maximum absolute atomic E-state index is 8.91. The zero-order valence-corrected chi connectivity index (χ0v) is 10.3. The SMILES string of the molecule is CC(C#N)c1cccc(COc2ccccc2)c1. The number of benzene rings is 2. The molecule has 2 rings (SSSR count). The highest BCUT2D eigenvalue weighted by molar-refractivity contribution is 5.29. The van der Waals surface area contributed by atoms with Gasteiger partial charge in [0.15, 0.2) is 0 Å². The number of para-hydroxylation sites is 1. The molecule has 1 atom stereocenters. The van der Waals surface area contributed by atoms with Gasteiger partial charge in [-0.1, -0.05) is 42.5 Å². The predicted octanol–water partition coefficient (Wildman–Crippen LogP) is 3.89. The van der Waals surface area contributed by atoms with Crippen LogP contribution in [0.4, 0.5) is 0 Å². The Balaban J connectivity index is 2.04. The minimum absolute atomic E-state index is 0.0818. The van der Waals surface area contributed by atoms with Crippen molar-refractivity contribution in [2.45, 2.75) is 19.4 Å². The van der Waals surface area contributed by atoms with Gasteiger partial charge in [-0.25, -0.2) is 0 Å². The molecule has 0 amide bonds. The van der Waals surface area contributed by atoms with Crippen LogP contribution in [0, 0.1) is 11.3 Å². The molecule has 0 aliphatic carbocycles. The van der Waals surface area contributed by atoms with Crippen LogP contribution in [0.5, 0.6) is 5.75 Å². The lowest BCUT2D eigenvalue weighted by Gasteiger charge is -2.08. The van der Waals surface area contributed by atoms with Crippen molar-refractivity contribution >= 4 is 0 Å². The van der Waals surface area contributed by atoms with Crippen molar-refractivity contribution in [3.8, 4) is 11.8 Å². The van der Waals surface area contributed by atoms with E-state index in [1.54, 1.807) is 0 Å². The topological polar surface area (TPSA) is 33.0 Å². The molecule has 0 fully saturated rings. The van der Waals surface area contributed by atoms with Crippen molar-refractivity contribution in [2.24, 2.45) is 0 Å². The Bertz CT molecular complexity index is 543. The third kappa shape index (κ3) is 3.11. The molecule has 90 valence electrons. The lowest BCUT2D eigenvalue weighted by molar-refractivity contribution is 0.306. The predicted molar refractivity (Wildman–Crippen MR) is 71.2 cm³/mol. The average molecular weight is 237 g/mol. The number of ether oxygens (including phenoxy) is 1. The molecular weight excluding hydrogens is 222 g/mol. The largest absolute Gasteiger partial charge is 0.489 e. The lowest BCUT2D eigenvalue weighted by Crippen LogP contribution is -1.97. The molecule has 0 saturated carbocycles. The van der Waals surface area contributed by atoms with E-state index in [0.29, 0.717) is 6.61 Å². The molecule has 2 aromatic carbocycles. The molecule has 0 aliphatic heterocycles. The molecule has 0 N–H and O–H groups in total. The summed E-state index contributed by atoms with van der Waals surface area (Å²) in [6.07, 6.45) is 0. The van der Waals surface area contributed by atoms with Gasteiger partial charge in [0, 0.05) is 0 Å². The van der Waals surface area contributed by atoms with Gasteiger partial charge in [0.1, 0.15) is 12.4 Å². The zero-order valence-electron chi connectivity index (χ0n) is 10.3. The number of rotatable bonds is 4. The van der Waals surface area contributed by atoms with Crippen LogP contribution in [-0.2, 0) is 6.61 Å². The summed E-state index contributed by atoms with van der Waals surface area (Å²) in [7, 11) is 0. The van der Waals surface area contributed by atoms with E-state index >= 15 is 0 Å². The normalized spacial score (nSPS) is 11.6. The first-order valence-electron chi connectivity index (χ1n) is 5.96. The van der Waals surface area contributed by atoms with Crippen LogP contribution in [0.1, 0.15) is 24.0 Å². The van der Waals surface area contributed by atoms with Gasteiger partial charge in [-0.3, -0.25) is 0 Å². The monoisotopic (exact) mass is 237 g/mol. The van der Waals surface area contributed by atoms with Crippen molar-refractivity contribution in [3.05, 3.63) is 65.7 Å². The van der Waals surface area contributed by atoms with Gasteiger partial charge >= 0.3 is 0 Å². The third-order valence-corrected chi connectivity index (χ3v) is 2.79. The second-order valence-electron chi connectivity index (χ2n) is 4.20. The molecule has 18 heavy (non-hydrogen) atoms. The Morgan fingerprint density at radius 1 is 1.11 bits per heavy atom. The van der Waals surface area contributed by atoms with Crippen LogP contribution in [0.2, 0.25) is 0 Å². The summed E-state index contributed by atoms with van der Waals surface area (Å²) >= 11 is 0. The molecule has 0 bridgehead atoms. The summed E-state index contributed by atoms with van der Waals surface area (Å²) in [5.41, 5.74) is 2.12. The smallest absolute Gasteiger partial charge is 0.119 e. The van der Waals surface area contributed by atoms with Gasteiger partial charge in [-0.05, 0) is 30.2 Å². The maximum Gasteiger partial charge on any atom is 0.119 e. The van der Waals surface area contributed by atoms with Crippen molar-refractivity contribution in [1.29, 1.82) is 5.26 Å². The molecule has 2 nitrogen and oxygen atoms in total. The van der Waals surface area contributed by atoms with Gasteiger partial charge < -0.3 is 4.74 Å². The zero-order chi connectivity index (χ0) is 12.8. The molecule has 0 radical (unpaired) electrons. The Kier molecular flexibility index (Phi) is 3.98. The number of nitrogens with zero attached hydrogens (tertiary/aromatic N) is 1. The van der Waals surface area contributed by atoms with Crippen LogP contribution in [0.25, 0.3) is 0 Å².